The van der Waals surface area contributed by atoms with Crippen LogP contribution in [0.15, 0.2) is 24.3 Å². The number of amides is 1. The Bertz CT molecular complexity index is 522. The van der Waals surface area contributed by atoms with E-state index in [0.29, 0.717) is 11.4 Å². The molecule has 22 heavy (non-hydrogen) atoms. The fourth-order valence-electron chi connectivity index (χ4n) is 1.37. The molecule has 5 nitrogen and oxygen atoms in total. The Morgan fingerprint density at radius 1 is 1.27 bits per heavy atom. The number of benzene rings is 1. The van der Waals surface area contributed by atoms with Gasteiger partial charge in [-0.05, 0) is 36.5 Å². The van der Waals surface area contributed by atoms with Crippen LogP contribution in [0.2, 0.25) is 0 Å². The zero-order valence-corrected chi connectivity index (χ0v) is 15.2. The highest BCUT2D eigenvalue weighted by Gasteiger charge is 2.34. The predicted molar refractivity (Wildman–Crippen MR) is 95.3 cm³/mol. The van der Waals surface area contributed by atoms with Gasteiger partial charge < -0.3 is 20.7 Å². The van der Waals surface area contributed by atoms with Crippen molar-refractivity contribution in [2.45, 2.75) is 9.96 Å². The molecule has 1 amide bonds. The molecule has 3 N–H and O–H groups in total. The third-order valence-corrected chi connectivity index (χ3v) is 3.49. The maximum absolute atomic E-state index is 11.3. The van der Waals surface area contributed by atoms with Crippen molar-refractivity contribution in [2.24, 2.45) is 0 Å². The van der Waals surface area contributed by atoms with Crippen LogP contribution in [0.3, 0.4) is 0 Å². The van der Waals surface area contributed by atoms with Crippen LogP contribution >= 0.6 is 58.6 Å². The van der Waals surface area contributed by atoms with Crippen molar-refractivity contribution in [3.8, 4) is 5.75 Å². The summed E-state index contributed by atoms with van der Waals surface area (Å²) >= 11 is 27.9. The number of methoxy groups -OCH3 is 1. The molecule has 0 saturated heterocycles. The van der Waals surface area contributed by atoms with Gasteiger partial charge in [0.1, 0.15) is 17.8 Å². The average Bonchev–Trinajstić information content (AvgIpc) is 2.46. The van der Waals surface area contributed by atoms with E-state index < -0.39 is 15.9 Å². The molecule has 122 valence electrons. The van der Waals surface area contributed by atoms with Crippen LogP contribution in [0.1, 0.15) is 0 Å². The second-order valence-electron chi connectivity index (χ2n) is 4.00. The second kappa shape index (κ2) is 8.84. The van der Waals surface area contributed by atoms with Crippen LogP contribution in [-0.2, 0) is 4.79 Å². The minimum absolute atomic E-state index is 0.163. The van der Waals surface area contributed by atoms with Crippen molar-refractivity contribution in [3.05, 3.63) is 24.3 Å². The SMILES string of the molecule is COc1ccc(NC(=S)NC(NC(=O)CCl)C(Cl)(Cl)Cl)cc1. The Morgan fingerprint density at radius 3 is 2.32 bits per heavy atom. The Morgan fingerprint density at radius 2 is 1.86 bits per heavy atom. The third kappa shape index (κ3) is 6.62. The van der Waals surface area contributed by atoms with Crippen LogP contribution in [-0.4, -0.2) is 34.0 Å². The molecule has 1 aromatic rings. The van der Waals surface area contributed by atoms with Gasteiger partial charge in [0.25, 0.3) is 0 Å². The summed E-state index contributed by atoms with van der Waals surface area (Å²) < 4.78 is 3.24. The minimum Gasteiger partial charge on any atom is -0.497 e. The maximum atomic E-state index is 11.3. The van der Waals surface area contributed by atoms with E-state index in [1.807, 2.05) is 0 Å². The molecule has 0 aliphatic rings. The van der Waals surface area contributed by atoms with E-state index in [0.717, 1.165) is 0 Å². The van der Waals surface area contributed by atoms with Gasteiger partial charge in [0.15, 0.2) is 5.11 Å². The first-order valence-electron chi connectivity index (χ1n) is 5.90. The topological polar surface area (TPSA) is 62.4 Å². The number of rotatable bonds is 5. The molecule has 1 unspecified atom stereocenters. The molecule has 0 fully saturated rings. The summed E-state index contributed by atoms with van der Waals surface area (Å²) in [6, 6.07) is 7.03. The lowest BCUT2D eigenvalue weighted by molar-refractivity contribution is -0.119. The molecule has 0 aliphatic heterocycles. The number of hydrogen-bond acceptors (Lipinski definition) is 3. The van der Waals surface area contributed by atoms with E-state index in [1.54, 1.807) is 31.4 Å². The fraction of sp³-hybridized carbons (Fsp3) is 0.333. The molecular formula is C12H13Cl4N3O2S. The van der Waals surface area contributed by atoms with Gasteiger partial charge >= 0.3 is 0 Å². The summed E-state index contributed by atoms with van der Waals surface area (Å²) in [4.78, 5) is 11.3. The van der Waals surface area contributed by atoms with Crippen molar-refractivity contribution in [3.63, 3.8) is 0 Å². The first-order valence-corrected chi connectivity index (χ1v) is 7.97. The zero-order valence-electron chi connectivity index (χ0n) is 11.3. The number of halogens is 4. The molecule has 0 spiro atoms. The van der Waals surface area contributed by atoms with Gasteiger partial charge in [-0.1, -0.05) is 34.8 Å². The van der Waals surface area contributed by atoms with E-state index in [2.05, 4.69) is 16.0 Å². The summed E-state index contributed by atoms with van der Waals surface area (Å²) in [5, 5.41) is 8.17. The van der Waals surface area contributed by atoms with Crippen LogP contribution in [0.5, 0.6) is 5.75 Å². The number of carbonyl (C=O) groups excluding carboxylic acids is 1. The Kier molecular flexibility index (Phi) is 7.79. The molecule has 0 aromatic heterocycles. The van der Waals surface area contributed by atoms with E-state index in [-0.39, 0.29) is 11.0 Å². The lowest BCUT2D eigenvalue weighted by atomic mass is 10.3. The highest BCUT2D eigenvalue weighted by molar-refractivity contribution is 7.80. The number of carbonyl (C=O) groups is 1. The monoisotopic (exact) mass is 403 g/mol. The van der Waals surface area contributed by atoms with Gasteiger partial charge in [0.05, 0.1) is 7.11 Å². The number of alkyl halides is 4. The fourth-order valence-corrected chi connectivity index (χ4v) is 2.01. The standard InChI is InChI=1S/C12H13Cl4N3O2S/c1-21-8-4-2-7(3-5-8)17-11(22)19-10(12(14,15)16)18-9(20)6-13/h2-5,10H,6H2,1H3,(H,18,20)(H2,17,19,22). The molecule has 0 heterocycles. The Labute approximate surface area is 153 Å². The van der Waals surface area contributed by atoms with Crippen LogP contribution in [0.25, 0.3) is 0 Å². The van der Waals surface area contributed by atoms with Crippen LogP contribution in [0.4, 0.5) is 5.69 Å². The highest BCUT2D eigenvalue weighted by atomic mass is 35.6. The molecule has 0 bridgehead atoms. The van der Waals surface area contributed by atoms with E-state index in [9.17, 15) is 4.79 Å². The largest absolute Gasteiger partial charge is 0.497 e. The zero-order chi connectivity index (χ0) is 16.8. The normalized spacial score (nSPS) is 12.2. The number of ether oxygens (including phenoxy) is 1. The lowest BCUT2D eigenvalue weighted by Crippen LogP contribution is -2.56. The Balaban J connectivity index is 2.67. The molecule has 0 saturated carbocycles. The molecule has 0 aliphatic carbocycles. The summed E-state index contributed by atoms with van der Waals surface area (Å²) in [7, 11) is 1.57. The lowest BCUT2D eigenvalue weighted by Gasteiger charge is -2.27. The van der Waals surface area contributed by atoms with Crippen molar-refractivity contribution >= 4 is 75.3 Å². The first-order chi connectivity index (χ1) is 10.3. The van der Waals surface area contributed by atoms with Gasteiger partial charge in [-0.3, -0.25) is 4.79 Å². The molecule has 1 aromatic carbocycles. The molecular weight excluding hydrogens is 392 g/mol. The minimum atomic E-state index is -1.81. The number of anilines is 1. The summed E-state index contributed by atoms with van der Waals surface area (Å²) in [5.41, 5.74) is 0.699. The van der Waals surface area contributed by atoms with Gasteiger partial charge in [-0.2, -0.15) is 0 Å². The molecule has 1 rings (SSSR count). The van der Waals surface area contributed by atoms with Crippen LogP contribution in [0, 0.1) is 0 Å². The maximum Gasteiger partial charge on any atom is 0.236 e. The average molecular weight is 405 g/mol. The smallest absolute Gasteiger partial charge is 0.236 e. The van der Waals surface area contributed by atoms with Crippen LogP contribution < -0.4 is 20.7 Å². The Hall–Kier alpha value is -0.660. The quantitative estimate of drug-likeness (QED) is 0.400. The first kappa shape index (κ1) is 19.4. The number of nitrogens with one attached hydrogen (secondary N) is 3. The van der Waals surface area contributed by atoms with E-state index in [1.165, 1.54) is 0 Å². The molecule has 0 radical (unpaired) electrons. The highest BCUT2D eigenvalue weighted by Crippen LogP contribution is 2.29. The second-order valence-corrected chi connectivity index (χ2v) is 7.05. The molecule has 1 atom stereocenters. The van der Waals surface area contributed by atoms with Crippen molar-refractivity contribution in [1.29, 1.82) is 0 Å². The van der Waals surface area contributed by atoms with Gasteiger partial charge in [0.2, 0.25) is 9.70 Å². The summed E-state index contributed by atoms with van der Waals surface area (Å²) in [6.45, 7) is 0. The third-order valence-electron chi connectivity index (χ3n) is 2.38. The molecule has 10 heteroatoms. The number of hydrogen-bond donors (Lipinski definition) is 3. The van der Waals surface area contributed by atoms with Gasteiger partial charge in [-0.25, -0.2) is 0 Å². The van der Waals surface area contributed by atoms with Crippen molar-refractivity contribution in [2.75, 3.05) is 18.3 Å². The van der Waals surface area contributed by atoms with Gasteiger partial charge in [0, 0.05) is 5.69 Å². The van der Waals surface area contributed by atoms with Crippen molar-refractivity contribution < 1.29 is 9.53 Å². The van der Waals surface area contributed by atoms with Crippen molar-refractivity contribution in [1.82, 2.24) is 10.6 Å². The summed E-state index contributed by atoms with van der Waals surface area (Å²) in [6.07, 6.45) is -1.04. The van der Waals surface area contributed by atoms with Gasteiger partial charge in [-0.15, -0.1) is 11.6 Å². The van der Waals surface area contributed by atoms with E-state index >= 15 is 0 Å². The summed E-state index contributed by atoms with van der Waals surface area (Å²) in [5.74, 6) is -0.0619. The predicted octanol–water partition coefficient (Wildman–Crippen LogP) is 3.03. The van der Waals surface area contributed by atoms with E-state index in [4.69, 9.17) is 63.4 Å². The number of thiocarbonyl (C=S) groups is 1.